The molecule has 0 aliphatic rings. The van der Waals surface area contributed by atoms with Crippen LogP contribution in [0.3, 0.4) is 0 Å². The molecular weight excluding hydrogens is 268 g/mol. The van der Waals surface area contributed by atoms with Crippen LogP contribution in [0.25, 0.3) is 0 Å². The maximum Gasteiger partial charge on any atom is 0.274 e. The molecule has 1 heterocycles. The van der Waals surface area contributed by atoms with Gasteiger partial charge in [0.25, 0.3) is 5.69 Å². The predicted octanol–water partition coefficient (Wildman–Crippen LogP) is 2.96. The van der Waals surface area contributed by atoms with Crippen LogP contribution in [0, 0.1) is 17.0 Å². The third-order valence-corrected chi connectivity index (χ3v) is 2.64. The van der Waals surface area contributed by atoms with Crippen molar-refractivity contribution in [1.82, 2.24) is 9.97 Å². The number of para-hydroxylation sites is 1. The van der Waals surface area contributed by atoms with Crippen molar-refractivity contribution < 1.29 is 4.92 Å². The number of rotatable bonds is 4. The first kappa shape index (κ1) is 13.2. The quantitative estimate of drug-likeness (QED) is 0.528. The van der Waals surface area contributed by atoms with Gasteiger partial charge in [0.15, 0.2) is 0 Å². The summed E-state index contributed by atoms with van der Waals surface area (Å²) in [5.74, 6) is 0.538. The maximum absolute atomic E-state index is 10.9. The van der Waals surface area contributed by atoms with Gasteiger partial charge in [-0.25, -0.2) is 9.97 Å². The molecule has 1 aromatic heterocycles. The molecule has 0 amide bonds. The van der Waals surface area contributed by atoms with Gasteiger partial charge in [-0.15, -0.1) is 0 Å². The molecule has 2 aromatic rings. The minimum Gasteiger partial charge on any atom is -0.366 e. The van der Waals surface area contributed by atoms with Crippen LogP contribution in [0.2, 0.25) is 5.28 Å². The van der Waals surface area contributed by atoms with E-state index >= 15 is 0 Å². The summed E-state index contributed by atoms with van der Waals surface area (Å²) in [5.41, 5.74) is 1.39. The monoisotopic (exact) mass is 278 g/mol. The molecule has 0 spiro atoms. The Morgan fingerprint density at radius 1 is 1.37 bits per heavy atom. The molecule has 1 N–H and O–H groups in total. The molecule has 0 aliphatic heterocycles. The van der Waals surface area contributed by atoms with E-state index in [9.17, 15) is 10.1 Å². The summed E-state index contributed by atoms with van der Waals surface area (Å²) in [6, 6.07) is 8.27. The number of halogens is 1. The lowest BCUT2D eigenvalue weighted by Gasteiger charge is -2.07. The van der Waals surface area contributed by atoms with Crippen LogP contribution >= 0.6 is 11.6 Å². The third-order valence-electron chi connectivity index (χ3n) is 2.48. The highest BCUT2D eigenvalue weighted by atomic mass is 35.5. The Balaban J connectivity index is 2.16. The van der Waals surface area contributed by atoms with Crippen molar-refractivity contribution in [2.24, 2.45) is 0 Å². The number of nitro groups is 1. The van der Waals surface area contributed by atoms with Crippen molar-refractivity contribution in [3.05, 3.63) is 57.0 Å². The molecule has 2 rings (SSSR count). The standard InChI is InChI=1S/C12H11ClN4O2/c1-8-6-11(16-12(13)15-8)14-7-9-4-2-3-5-10(9)17(18)19/h2-6H,7H2,1H3,(H,14,15,16). The van der Waals surface area contributed by atoms with Gasteiger partial charge >= 0.3 is 0 Å². The fourth-order valence-corrected chi connectivity index (χ4v) is 1.87. The van der Waals surface area contributed by atoms with Crippen LogP contribution in [0.15, 0.2) is 30.3 Å². The number of hydrogen-bond acceptors (Lipinski definition) is 5. The Bertz CT molecular complexity index is 598. The summed E-state index contributed by atoms with van der Waals surface area (Å²) >= 11 is 5.74. The first-order valence-electron chi connectivity index (χ1n) is 5.53. The van der Waals surface area contributed by atoms with E-state index in [0.29, 0.717) is 17.9 Å². The van der Waals surface area contributed by atoms with Crippen molar-refractivity contribution in [3.8, 4) is 0 Å². The zero-order valence-corrected chi connectivity index (χ0v) is 10.9. The second-order valence-electron chi connectivity index (χ2n) is 3.90. The second kappa shape index (κ2) is 5.62. The Morgan fingerprint density at radius 3 is 2.79 bits per heavy atom. The van der Waals surface area contributed by atoms with Crippen molar-refractivity contribution in [2.75, 3.05) is 5.32 Å². The lowest BCUT2D eigenvalue weighted by molar-refractivity contribution is -0.385. The summed E-state index contributed by atoms with van der Waals surface area (Å²) in [6.45, 7) is 2.09. The number of benzene rings is 1. The number of nitrogens with one attached hydrogen (secondary N) is 1. The molecular formula is C12H11ClN4O2. The first-order valence-corrected chi connectivity index (χ1v) is 5.91. The Hall–Kier alpha value is -2.21. The van der Waals surface area contributed by atoms with Crippen molar-refractivity contribution in [1.29, 1.82) is 0 Å². The highest BCUT2D eigenvalue weighted by molar-refractivity contribution is 6.28. The number of nitro benzene ring substituents is 1. The van der Waals surface area contributed by atoms with E-state index in [0.717, 1.165) is 5.69 Å². The Labute approximate surface area is 114 Å². The van der Waals surface area contributed by atoms with Gasteiger partial charge in [-0.1, -0.05) is 18.2 Å². The van der Waals surface area contributed by atoms with Crippen LogP contribution in [-0.4, -0.2) is 14.9 Å². The van der Waals surface area contributed by atoms with E-state index in [1.807, 2.05) is 0 Å². The normalized spacial score (nSPS) is 10.2. The largest absolute Gasteiger partial charge is 0.366 e. The topological polar surface area (TPSA) is 81.0 Å². The first-order chi connectivity index (χ1) is 9.06. The smallest absolute Gasteiger partial charge is 0.274 e. The molecule has 0 unspecified atom stereocenters. The van der Waals surface area contributed by atoms with E-state index in [1.165, 1.54) is 6.07 Å². The van der Waals surface area contributed by atoms with E-state index in [1.54, 1.807) is 31.2 Å². The van der Waals surface area contributed by atoms with Crippen molar-refractivity contribution >= 4 is 23.1 Å². The molecule has 6 nitrogen and oxygen atoms in total. The van der Waals surface area contributed by atoms with Gasteiger partial charge in [0.2, 0.25) is 5.28 Å². The van der Waals surface area contributed by atoms with Crippen molar-refractivity contribution in [2.45, 2.75) is 13.5 Å². The molecule has 0 saturated heterocycles. The molecule has 0 saturated carbocycles. The lowest BCUT2D eigenvalue weighted by atomic mass is 10.2. The van der Waals surface area contributed by atoms with Gasteiger partial charge in [-0.05, 0) is 18.5 Å². The molecule has 0 aliphatic carbocycles. The Kier molecular flexibility index (Phi) is 3.91. The average Bonchev–Trinajstić information content (AvgIpc) is 2.35. The van der Waals surface area contributed by atoms with Gasteiger partial charge in [0, 0.05) is 29.9 Å². The predicted molar refractivity (Wildman–Crippen MR) is 72.2 cm³/mol. The third kappa shape index (κ3) is 3.38. The minimum atomic E-state index is -0.408. The Morgan fingerprint density at radius 2 is 2.11 bits per heavy atom. The summed E-state index contributed by atoms with van der Waals surface area (Å²) in [5, 5.41) is 14.0. The fraction of sp³-hybridized carbons (Fsp3) is 0.167. The fourth-order valence-electron chi connectivity index (χ4n) is 1.65. The van der Waals surface area contributed by atoms with Gasteiger partial charge in [-0.2, -0.15) is 0 Å². The zero-order chi connectivity index (χ0) is 13.8. The average molecular weight is 279 g/mol. The number of hydrogen-bond donors (Lipinski definition) is 1. The maximum atomic E-state index is 10.9. The lowest BCUT2D eigenvalue weighted by Crippen LogP contribution is -2.05. The number of nitrogens with zero attached hydrogens (tertiary/aromatic N) is 3. The second-order valence-corrected chi connectivity index (χ2v) is 4.24. The molecule has 0 atom stereocenters. The molecule has 19 heavy (non-hydrogen) atoms. The van der Waals surface area contributed by atoms with Crippen LogP contribution < -0.4 is 5.32 Å². The summed E-state index contributed by atoms with van der Waals surface area (Å²) in [6.07, 6.45) is 0. The summed E-state index contributed by atoms with van der Waals surface area (Å²) in [7, 11) is 0. The van der Waals surface area contributed by atoms with Crippen LogP contribution in [0.4, 0.5) is 11.5 Å². The van der Waals surface area contributed by atoms with Gasteiger partial charge in [-0.3, -0.25) is 10.1 Å². The molecule has 7 heteroatoms. The highest BCUT2D eigenvalue weighted by Gasteiger charge is 2.12. The van der Waals surface area contributed by atoms with E-state index in [4.69, 9.17) is 11.6 Å². The zero-order valence-electron chi connectivity index (χ0n) is 10.1. The van der Waals surface area contributed by atoms with Crippen LogP contribution in [0.5, 0.6) is 0 Å². The van der Waals surface area contributed by atoms with E-state index < -0.39 is 4.92 Å². The van der Waals surface area contributed by atoms with Crippen molar-refractivity contribution in [3.63, 3.8) is 0 Å². The molecule has 0 radical (unpaired) electrons. The molecule has 0 bridgehead atoms. The minimum absolute atomic E-state index is 0.0758. The SMILES string of the molecule is Cc1cc(NCc2ccccc2[N+](=O)[O-])nc(Cl)n1. The number of anilines is 1. The summed E-state index contributed by atoms with van der Waals surface area (Å²) in [4.78, 5) is 18.4. The molecule has 0 fully saturated rings. The summed E-state index contributed by atoms with van der Waals surface area (Å²) < 4.78 is 0. The van der Waals surface area contributed by atoms with Crippen LogP contribution in [-0.2, 0) is 6.54 Å². The number of aryl methyl sites for hydroxylation is 1. The highest BCUT2D eigenvalue weighted by Crippen LogP contribution is 2.19. The van der Waals surface area contributed by atoms with E-state index in [2.05, 4.69) is 15.3 Å². The van der Waals surface area contributed by atoms with Gasteiger partial charge < -0.3 is 5.32 Å². The molecule has 98 valence electrons. The van der Waals surface area contributed by atoms with Gasteiger partial charge in [0.1, 0.15) is 5.82 Å². The van der Waals surface area contributed by atoms with E-state index in [-0.39, 0.29) is 11.0 Å². The van der Waals surface area contributed by atoms with Crippen LogP contribution in [0.1, 0.15) is 11.3 Å². The number of aromatic nitrogens is 2. The van der Waals surface area contributed by atoms with Gasteiger partial charge in [0.05, 0.1) is 4.92 Å². The molecule has 1 aromatic carbocycles.